The van der Waals surface area contributed by atoms with Gasteiger partial charge in [0.25, 0.3) is 11.8 Å². The molecule has 164 valence electrons. The normalized spacial score (nSPS) is 10.4. The minimum atomic E-state index is -1.16. The van der Waals surface area contributed by atoms with Crippen LogP contribution in [0.25, 0.3) is 11.0 Å². The van der Waals surface area contributed by atoms with Gasteiger partial charge in [-0.25, -0.2) is 4.79 Å². The molecule has 0 radical (unpaired) electrons. The van der Waals surface area contributed by atoms with Gasteiger partial charge in [0.2, 0.25) is 0 Å². The molecule has 0 spiro atoms. The van der Waals surface area contributed by atoms with Crippen LogP contribution >= 0.6 is 0 Å². The van der Waals surface area contributed by atoms with Crippen LogP contribution in [-0.2, 0) is 11.2 Å². The molecule has 0 atom stereocenters. The summed E-state index contributed by atoms with van der Waals surface area (Å²) in [6.45, 7) is 3.19. The zero-order valence-corrected chi connectivity index (χ0v) is 17.1. The summed E-state index contributed by atoms with van der Waals surface area (Å²) in [7, 11) is 1.51. The second kappa shape index (κ2) is 9.61. The van der Waals surface area contributed by atoms with Gasteiger partial charge in [-0.2, -0.15) is 0 Å². The van der Waals surface area contributed by atoms with Crippen LogP contribution in [0.1, 0.15) is 26.3 Å². The summed E-state index contributed by atoms with van der Waals surface area (Å²) in [6, 6.07) is 10.6. The Morgan fingerprint density at radius 3 is 2.47 bits per heavy atom. The van der Waals surface area contributed by atoms with E-state index in [-0.39, 0.29) is 11.1 Å². The van der Waals surface area contributed by atoms with Crippen molar-refractivity contribution in [3.63, 3.8) is 0 Å². The molecular formula is C23H20N2O7. The lowest BCUT2D eigenvalue weighted by molar-refractivity contribution is -0.135. The number of aliphatic carboxylic acids is 1. The maximum Gasteiger partial charge on any atom is 0.349 e. The first-order chi connectivity index (χ1) is 15.3. The van der Waals surface area contributed by atoms with E-state index in [9.17, 15) is 19.2 Å². The van der Waals surface area contributed by atoms with Crippen molar-refractivity contribution in [3.05, 3.63) is 82.2 Å². The van der Waals surface area contributed by atoms with E-state index in [1.807, 2.05) is 0 Å². The molecule has 3 rings (SSSR count). The molecule has 0 unspecified atom stereocenters. The molecular weight excluding hydrogens is 416 g/mol. The number of hydrogen-bond donors (Lipinski definition) is 3. The molecule has 2 aromatic carbocycles. The standard InChI is InChI=1S/C23H20N2O7/c1-3-4-16-18(31-2)10-7-14-11-17(23(30)32-20(14)16)22(29)25-15-8-5-13(6-9-15)21(28)24-12-19(26)27/h3,5-11H,1,4,12H2,2H3,(H,24,28)(H,25,29)(H,26,27). The first kappa shape index (κ1) is 22.3. The topological polar surface area (TPSA) is 135 Å². The number of benzene rings is 2. The molecule has 3 N–H and O–H groups in total. The van der Waals surface area contributed by atoms with E-state index in [4.69, 9.17) is 14.3 Å². The van der Waals surface area contributed by atoms with Crippen molar-refractivity contribution in [1.82, 2.24) is 5.32 Å². The molecule has 1 heterocycles. The van der Waals surface area contributed by atoms with Crippen LogP contribution in [0.4, 0.5) is 5.69 Å². The number of rotatable bonds is 8. The monoisotopic (exact) mass is 436 g/mol. The van der Waals surface area contributed by atoms with Gasteiger partial charge >= 0.3 is 11.6 Å². The fraction of sp³-hybridized carbons (Fsp3) is 0.130. The number of carboxylic acid groups (broad SMARTS) is 1. The SMILES string of the molecule is C=CCc1c(OC)ccc2cc(C(=O)Nc3ccc(C(=O)NCC(=O)O)cc3)c(=O)oc12. The lowest BCUT2D eigenvalue weighted by Gasteiger charge is -2.10. The number of carboxylic acids is 1. The van der Waals surface area contributed by atoms with E-state index in [0.29, 0.717) is 34.4 Å². The number of fused-ring (bicyclic) bond motifs is 1. The number of anilines is 1. The van der Waals surface area contributed by atoms with Crippen LogP contribution in [-0.4, -0.2) is 36.5 Å². The van der Waals surface area contributed by atoms with Crippen molar-refractivity contribution in [1.29, 1.82) is 0 Å². The second-order valence-electron chi connectivity index (χ2n) is 6.71. The molecule has 3 aromatic rings. The Morgan fingerprint density at radius 1 is 1.12 bits per heavy atom. The molecule has 2 amide bonds. The summed E-state index contributed by atoms with van der Waals surface area (Å²) in [5.41, 5.74) is 0.543. The number of methoxy groups -OCH3 is 1. The fourth-order valence-corrected chi connectivity index (χ4v) is 3.07. The van der Waals surface area contributed by atoms with Crippen LogP contribution in [0.3, 0.4) is 0 Å². The molecule has 0 bridgehead atoms. The number of allylic oxidation sites excluding steroid dienone is 1. The van der Waals surface area contributed by atoms with E-state index in [0.717, 1.165) is 0 Å². The van der Waals surface area contributed by atoms with E-state index in [1.54, 1.807) is 18.2 Å². The molecule has 9 nitrogen and oxygen atoms in total. The highest BCUT2D eigenvalue weighted by Gasteiger charge is 2.17. The number of carbonyl (C=O) groups is 3. The Labute approximate surface area is 182 Å². The Morgan fingerprint density at radius 2 is 1.84 bits per heavy atom. The summed E-state index contributed by atoms with van der Waals surface area (Å²) in [5.74, 6) is -1.85. The van der Waals surface area contributed by atoms with E-state index in [2.05, 4.69) is 17.2 Å². The summed E-state index contributed by atoms with van der Waals surface area (Å²) in [5, 5.41) is 14.0. The van der Waals surface area contributed by atoms with Gasteiger partial charge in [-0.1, -0.05) is 6.08 Å². The van der Waals surface area contributed by atoms with Gasteiger partial charge in [-0.05, 0) is 48.9 Å². The number of ether oxygens (including phenoxy) is 1. The van der Waals surface area contributed by atoms with Crippen molar-refractivity contribution in [3.8, 4) is 5.75 Å². The van der Waals surface area contributed by atoms with Gasteiger partial charge in [-0.3, -0.25) is 14.4 Å². The average Bonchev–Trinajstić information content (AvgIpc) is 2.78. The summed E-state index contributed by atoms with van der Waals surface area (Å²) >= 11 is 0. The van der Waals surface area contributed by atoms with Gasteiger partial charge < -0.3 is 24.9 Å². The molecule has 0 fully saturated rings. The van der Waals surface area contributed by atoms with Crippen molar-refractivity contribution in [2.24, 2.45) is 0 Å². The minimum absolute atomic E-state index is 0.185. The highest BCUT2D eigenvalue weighted by atomic mass is 16.5. The first-order valence-electron chi connectivity index (χ1n) is 9.50. The third-order valence-corrected chi connectivity index (χ3v) is 4.58. The number of carbonyl (C=O) groups excluding carboxylic acids is 2. The van der Waals surface area contributed by atoms with Gasteiger partial charge in [0.05, 0.1) is 7.11 Å². The van der Waals surface area contributed by atoms with Crippen LogP contribution < -0.4 is 21.0 Å². The summed E-state index contributed by atoms with van der Waals surface area (Å²) < 4.78 is 10.7. The minimum Gasteiger partial charge on any atom is -0.496 e. The lowest BCUT2D eigenvalue weighted by Crippen LogP contribution is -2.29. The van der Waals surface area contributed by atoms with Gasteiger partial charge in [0, 0.05) is 22.2 Å². The first-order valence-corrected chi connectivity index (χ1v) is 9.50. The third kappa shape index (κ3) is 4.84. The van der Waals surface area contributed by atoms with Crippen LogP contribution in [0.2, 0.25) is 0 Å². The van der Waals surface area contributed by atoms with Gasteiger partial charge in [0.15, 0.2) is 0 Å². The highest BCUT2D eigenvalue weighted by Crippen LogP contribution is 2.28. The molecule has 0 aliphatic heterocycles. The predicted octanol–water partition coefficient (Wildman–Crippen LogP) is 2.60. The van der Waals surface area contributed by atoms with E-state index in [1.165, 1.54) is 37.4 Å². The maximum atomic E-state index is 12.7. The smallest absolute Gasteiger partial charge is 0.349 e. The number of hydrogen-bond acceptors (Lipinski definition) is 6. The predicted molar refractivity (Wildman–Crippen MR) is 117 cm³/mol. The zero-order valence-electron chi connectivity index (χ0n) is 17.1. The van der Waals surface area contributed by atoms with Crippen LogP contribution in [0, 0.1) is 0 Å². The summed E-state index contributed by atoms with van der Waals surface area (Å²) in [4.78, 5) is 47.5. The summed E-state index contributed by atoms with van der Waals surface area (Å²) in [6.07, 6.45) is 2.07. The molecule has 1 aromatic heterocycles. The lowest BCUT2D eigenvalue weighted by atomic mass is 10.1. The second-order valence-corrected chi connectivity index (χ2v) is 6.71. The van der Waals surface area contributed by atoms with Crippen molar-refractivity contribution in [2.45, 2.75) is 6.42 Å². The van der Waals surface area contributed by atoms with Crippen LogP contribution in [0.5, 0.6) is 5.75 Å². The molecule has 32 heavy (non-hydrogen) atoms. The van der Waals surface area contributed by atoms with Crippen molar-refractivity contribution < 1.29 is 28.6 Å². The third-order valence-electron chi connectivity index (χ3n) is 4.58. The fourth-order valence-electron chi connectivity index (χ4n) is 3.07. The molecule has 0 aliphatic carbocycles. The quantitative estimate of drug-likeness (QED) is 0.365. The Balaban J connectivity index is 1.83. The largest absolute Gasteiger partial charge is 0.496 e. The van der Waals surface area contributed by atoms with Crippen molar-refractivity contribution in [2.75, 3.05) is 19.0 Å². The molecule has 0 aliphatic rings. The van der Waals surface area contributed by atoms with Gasteiger partial charge in [0.1, 0.15) is 23.4 Å². The zero-order chi connectivity index (χ0) is 23.3. The Hall–Kier alpha value is -4.40. The number of nitrogens with one attached hydrogen (secondary N) is 2. The van der Waals surface area contributed by atoms with Gasteiger partial charge in [-0.15, -0.1) is 6.58 Å². The van der Waals surface area contributed by atoms with E-state index < -0.39 is 30.0 Å². The van der Waals surface area contributed by atoms with E-state index >= 15 is 0 Å². The average molecular weight is 436 g/mol. The Kier molecular flexibility index (Phi) is 6.69. The molecule has 0 saturated heterocycles. The Bertz CT molecular complexity index is 1260. The maximum absolute atomic E-state index is 12.7. The molecule has 9 heteroatoms. The number of amides is 2. The molecule has 0 saturated carbocycles. The van der Waals surface area contributed by atoms with Crippen LogP contribution in [0.15, 0.2) is 64.3 Å². The highest BCUT2D eigenvalue weighted by molar-refractivity contribution is 6.06. The van der Waals surface area contributed by atoms with Crippen molar-refractivity contribution >= 4 is 34.4 Å².